The van der Waals surface area contributed by atoms with E-state index in [1.165, 1.54) is 11.1 Å². The standard InChI is InChI=1S/C19H21N3OS/c1-12-6-8-16(10-13(12)2)17-11-24-19(20-5)22(17)21-15(4)18-9-7-14(3)23-18/h6-11H,1-5H3. The minimum absolute atomic E-state index is 0.777. The number of furan rings is 1. The maximum Gasteiger partial charge on any atom is 0.205 e. The Morgan fingerprint density at radius 1 is 1.08 bits per heavy atom. The SMILES string of the molecule is CN=c1scc(-c2ccc(C)c(C)c2)n1N=C(C)c1ccc(C)o1. The van der Waals surface area contributed by atoms with Gasteiger partial charge in [0.2, 0.25) is 4.80 Å². The second kappa shape index (κ2) is 6.61. The van der Waals surface area contributed by atoms with Crippen LogP contribution in [0.5, 0.6) is 0 Å². The third kappa shape index (κ3) is 3.12. The van der Waals surface area contributed by atoms with Crippen molar-refractivity contribution in [3.8, 4) is 11.3 Å². The Kier molecular flexibility index (Phi) is 4.53. The number of rotatable bonds is 3. The Hall–Kier alpha value is -2.40. The zero-order valence-electron chi connectivity index (χ0n) is 14.6. The van der Waals surface area contributed by atoms with Crippen LogP contribution < -0.4 is 4.80 Å². The van der Waals surface area contributed by atoms with Crippen LogP contribution in [0.15, 0.2) is 50.2 Å². The van der Waals surface area contributed by atoms with Crippen LogP contribution in [-0.2, 0) is 0 Å². The molecule has 0 saturated heterocycles. The van der Waals surface area contributed by atoms with Crippen LogP contribution >= 0.6 is 11.3 Å². The number of thiazole rings is 1. The Balaban J connectivity index is 2.13. The molecule has 2 heterocycles. The summed E-state index contributed by atoms with van der Waals surface area (Å²) in [5.41, 5.74) is 5.54. The number of hydrogen-bond donors (Lipinski definition) is 0. The molecule has 0 N–H and O–H groups in total. The van der Waals surface area contributed by atoms with Crippen molar-refractivity contribution in [2.75, 3.05) is 7.05 Å². The third-order valence-electron chi connectivity index (χ3n) is 4.03. The highest BCUT2D eigenvalue weighted by Gasteiger charge is 2.10. The smallest absolute Gasteiger partial charge is 0.205 e. The molecular weight excluding hydrogens is 318 g/mol. The molecule has 0 atom stereocenters. The highest BCUT2D eigenvalue weighted by molar-refractivity contribution is 7.07. The van der Waals surface area contributed by atoms with Crippen LogP contribution in [0.3, 0.4) is 0 Å². The Labute approximate surface area is 145 Å². The minimum atomic E-state index is 0.777. The summed E-state index contributed by atoms with van der Waals surface area (Å²) < 4.78 is 7.57. The molecule has 24 heavy (non-hydrogen) atoms. The van der Waals surface area contributed by atoms with E-state index in [4.69, 9.17) is 9.52 Å². The van der Waals surface area contributed by atoms with E-state index in [2.05, 4.69) is 42.4 Å². The van der Waals surface area contributed by atoms with Gasteiger partial charge in [0.05, 0.1) is 5.69 Å². The van der Waals surface area contributed by atoms with Gasteiger partial charge < -0.3 is 4.42 Å². The van der Waals surface area contributed by atoms with Crippen LogP contribution in [0.4, 0.5) is 0 Å². The number of aryl methyl sites for hydroxylation is 3. The summed E-state index contributed by atoms with van der Waals surface area (Å²) in [4.78, 5) is 5.21. The summed E-state index contributed by atoms with van der Waals surface area (Å²) in [6.45, 7) is 8.13. The number of aromatic nitrogens is 1. The quantitative estimate of drug-likeness (QED) is 0.646. The Bertz CT molecular complexity index is 973. The van der Waals surface area contributed by atoms with Crippen LogP contribution in [0.2, 0.25) is 0 Å². The first-order valence-electron chi connectivity index (χ1n) is 7.83. The fourth-order valence-electron chi connectivity index (χ4n) is 2.47. The molecule has 0 saturated carbocycles. The van der Waals surface area contributed by atoms with Crippen LogP contribution in [0.1, 0.15) is 29.6 Å². The molecule has 5 heteroatoms. The number of nitrogens with zero attached hydrogens (tertiary/aromatic N) is 3. The highest BCUT2D eigenvalue weighted by Crippen LogP contribution is 2.23. The lowest BCUT2D eigenvalue weighted by Gasteiger charge is -2.07. The molecule has 124 valence electrons. The molecule has 3 rings (SSSR count). The average molecular weight is 339 g/mol. The Morgan fingerprint density at radius 3 is 2.50 bits per heavy atom. The van der Waals surface area contributed by atoms with E-state index >= 15 is 0 Å². The first kappa shape index (κ1) is 16.5. The van der Waals surface area contributed by atoms with E-state index in [-0.39, 0.29) is 0 Å². The third-order valence-corrected chi connectivity index (χ3v) is 4.93. The van der Waals surface area contributed by atoms with Crippen molar-refractivity contribution < 1.29 is 4.42 Å². The molecule has 0 fully saturated rings. The lowest BCUT2D eigenvalue weighted by molar-refractivity contribution is 0.524. The second-order valence-electron chi connectivity index (χ2n) is 5.83. The van der Waals surface area contributed by atoms with E-state index in [0.29, 0.717) is 0 Å². The van der Waals surface area contributed by atoms with E-state index in [1.807, 2.05) is 30.7 Å². The van der Waals surface area contributed by atoms with E-state index in [0.717, 1.165) is 33.3 Å². The first-order valence-corrected chi connectivity index (χ1v) is 8.71. The van der Waals surface area contributed by atoms with Gasteiger partial charge in [-0.3, -0.25) is 4.99 Å². The summed E-state index contributed by atoms with van der Waals surface area (Å²) in [5.74, 6) is 1.66. The van der Waals surface area contributed by atoms with Gasteiger partial charge in [0, 0.05) is 18.0 Å². The molecule has 0 aliphatic carbocycles. The molecule has 0 amide bonds. The highest BCUT2D eigenvalue weighted by atomic mass is 32.1. The van der Waals surface area contributed by atoms with Crippen molar-refractivity contribution in [2.45, 2.75) is 27.7 Å². The fourth-order valence-corrected chi connectivity index (χ4v) is 3.27. The van der Waals surface area contributed by atoms with Crippen molar-refractivity contribution >= 4 is 17.0 Å². The van der Waals surface area contributed by atoms with Gasteiger partial charge in [0.25, 0.3) is 0 Å². The van der Waals surface area contributed by atoms with Crippen LogP contribution in [0, 0.1) is 20.8 Å². The zero-order chi connectivity index (χ0) is 17.3. The maximum atomic E-state index is 5.68. The van der Waals surface area contributed by atoms with Gasteiger partial charge in [-0.1, -0.05) is 12.1 Å². The van der Waals surface area contributed by atoms with Crippen molar-refractivity contribution in [1.29, 1.82) is 0 Å². The molecule has 0 aliphatic heterocycles. The predicted molar refractivity (Wildman–Crippen MR) is 99.8 cm³/mol. The molecule has 0 spiro atoms. The van der Waals surface area contributed by atoms with Gasteiger partial charge in [0.15, 0.2) is 0 Å². The second-order valence-corrected chi connectivity index (χ2v) is 6.67. The summed E-state index contributed by atoms with van der Waals surface area (Å²) in [5, 5.41) is 6.85. The largest absolute Gasteiger partial charge is 0.460 e. The topological polar surface area (TPSA) is 42.8 Å². The van der Waals surface area contributed by atoms with Crippen LogP contribution in [-0.4, -0.2) is 17.4 Å². The zero-order valence-corrected chi connectivity index (χ0v) is 15.4. The lowest BCUT2D eigenvalue weighted by atomic mass is 10.1. The van der Waals surface area contributed by atoms with Gasteiger partial charge in [-0.15, -0.1) is 11.3 Å². The Morgan fingerprint density at radius 2 is 1.88 bits per heavy atom. The maximum absolute atomic E-state index is 5.68. The van der Waals surface area contributed by atoms with Gasteiger partial charge in [-0.2, -0.15) is 5.10 Å². The summed E-state index contributed by atoms with van der Waals surface area (Å²) in [7, 11) is 1.79. The summed E-state index contributed by atoms with van der Waals surface area (Å²) >= 11 is 1.58. The van der Waals surface area contributed by atoms with Crippen molar-refractivity contribution in [1.82, 2.24) is 4.68 Å². The first-order chi connectivity index (χ1) is 11.5. The monoisotopic (exact) mass is 339 g/mol. The molecule has 0 aliphatic rings. The van der Waals surface area contributed by atoms with Crippen molar-refractivity contribution in [2.24, 2.45) is 10.1 Å². The van der Waals surface area contributed by atoms with E-state index in [1.54, 1.807) is 18.4 Å². The summed E-state index contributed by atoms with van der Waals surface area (Å²) in [6.07, 6.45) is 0. The van der Waals surface area contributed by atoms with Gasteiger partial charge in [-0.25, -0.2) is 4.68 Å². The molecule has 0 unspecified atom stereocenters. The normalized spacial score (nSPS) is 12.9. The lowest BCUT2D eigenvalue weighted by Crippen LogP contribution is -2.13. The van der Waals surface area contributed by atoms with Crippen molar-refractivity contribution in [3.05, 3.63) is 63.2 Å². The van der Waals surface area contributed by atoms with Gasteiger partial charge >= 0.3 is 0 Å². The van der Waals surface area contributed by atoms with E-state index < -0.39 is 0 Å². The summed E-state index contributed by atoms with van der Waals surface area (Å²) in [6, 6.07) is 10.3. The van der Waals surface area contributed by atoms with Crippen molar-refractivity contribution in [3.63, 3.8) is 0 Å². The molecule has 3 aromatic rings. The fraction of sp³-hybridized carbons (Fsp3) is 0.263. The molecule has 4 nitrogen and oxygen atoms in total. The molecule has 0 bridgehead atoms. The predicted octanol–water partition coefficient (Wildman–Crippen LogP) is 4.54. The minimum Gasteiger partial charge on any atom is -0.460 e. The molecule has 2 aromatic heterocycles. The number of benzene rings is 1. The van der Waals surface area contributed by atoms with E-state index in [9.17, 15) is 0 Å². The van der Waals surface area contributed by atoms with Gasteiger partial charge in [-0.05, 0) is 57.0 Å². The molecular formula is C19H21N3OS. The molecule has 1 aromatic carbocycles. The number of hydrogen-bond acceptors (Lipinski definition) is 4. The molecule has 0 radical (unpaired) electrons. The van der Waals surface area contributed by atoms with Gasteiger partial charge in [0.1, 0.15) is 17.2 Å². The van der Waals surface area contributed by atoms with Crippen LogP contribution in [0.25, 0.3) is 11.3 Å². The average Bonchev–Trinajstić information content (AvgIpc) is 3.16.